The molecule has 2 nitrogen and oxygen atoms in total. The summed E-state index contributed by atoms with van der Waals surface area (Å²) in [5.74, 6) is 1.21. The lowest BCUT2D eigenvalue weighted by atomic mass is 9.79. The molecule has 0 saturated carbocycles. The van der Waals surface area contributed by atoms with Gasteiger partial charge in [0.2, 0.25) is 0 Å². The zero-order valence-electron chi connectivity index (χ0n) is 12.1. The number of aliphatic hydroxyl groups is 1. The smallest absolute Gasteiger partial charge is 0.0636 e. The van der Waals surface area contributed by atoms with E-state index in [-0.39, 0.29) is 12.0 Å². The monoisotopic (exact) mass is 249 g/mol. The highest BCUT2D eigenvalue weighted by molar-refractivity contribution is 5.17. The van der Waals surface area contributed by atoms with Gasteiger partial charge in [0.15, 0.2) is 0 Å². The fourth-order valence-electron chi connectivity index (χ4n) is 2.69. The Kier molecular flexibility index (Phi) is 6.34. The van der Waals surface area contributed by atoms with Gasteiger partial charge in [-0.1, -0.05) is 40.5 Å². The first kappa shape index (κ1) is 15.2. The van der Waals surface area contributed by atoms with Crippen LogP contribution < -0.4 is 0 Å². The average Bonchev–Trinajstić information content (AvgIpc) is 2.38. The standard InChI is InChI=1S/C16H27NO/c1-5-13(6-2)16(18)15(11-12(3)4)14-7-9-17-10-8-14/h7-10,12-13,15-16,18H,5-6,11H2,1-4H3. The van der Waals surface area contributed by atoms with E-state index in [0.29, 0.717) is 11.8 Å². The molecule has 0 bridgehead atoms. The molecule has 1 rings (SSSR count). The Bertz CT molecular complexity index is 319. The molecule has 1 heterocycles. The zero-order chi connectivity index (χ0) is 13.5. The molecule has 1 aromatic heterocycles. The van der Waals surface area contributed by atoms with Crippen LogP contribution in [0.3, 0.4) is 0 Å². The van der Waals surface area contributed by atoms with Gasteiger partial charge in [-0.3, -0.25) is 4.98 Å². The third kappa shape index (κ3) is 4.09. The largest absolute Gasteiger partial charge is 0.392 e. The predicted molar refractivity (Wildman–Crippen MR) is 76.5 cm³/mol. The molecule has 2 atom stereocenters. The minimum Gasteiger partial charge on any atom is -0.392 e. The van der Waals surface area contributed by atoms with Gasteiger partial charge in [-0.25, -0.2) is 0 Å². The summed E-state index contributed by atoms with van der Waals surface area (Å²) in [4.78, 5) is 4.07. The van der Waals surface area contributed by atoms with E-state index in [1.165, 1.54) is 5.56 Å². The van der Waals surface area contributed by atoms with Crippen LogP contribution in [-0.4, -0.2) is 16.2 Å². The lowest BCUT2D eigenvalue weighted by molar-refractivity contribution is 0.0682. The van der Waals surface area contributed by atoms with E-state index in [9.17, 15) is 5.11 Å². The number of rotatable bonds is 7. The maximum Gasteiger partial charge on any atom is 0.0636 e. The maximum atomic E-state index is 10.7. The van der Waals surface area contributed by atoms with Gasteiger partial charge in [-0.2, -0.15) is 0 Å². The summed E-state index contributed by atoms with van der Waals surface area (Å²) in [6.45, 7) is 8.76. The van der Waals surface area contributed by atoms with E-state index in [2.05, 4.69) is 32.7 Å². The first-order valence-electron chi connectivity index (χ1n) is 7.18. The number of aromatic nitrogens is 1. The van der Waals surface area contributed by atoms with Crippen molar-refractivity contribution in [3.05, 3.63) is 30.1 Å². The molecule has 0 aromatic carbocycles. The van der Waals surface area contributed by atoms with E-state index in [1.807, 2.05) is 24.5 Å². The fraction of sp³-hybridized carbons (Fsp3) is 0.688. The molecule has 1 aromatic rings. The Labute approximate surface area is 111 Å². The van der Waals surface area contributed by atoms with Gasteiger partial charge in [0.25, 0.3) is 0 Å². The highest BCUT2D eigenvalue weighted by Crippen LogP contribution is 2.32. The van der Waals surface area contributed by atoms with Crippen LogP contribution in [0.25, 0.3) is 0 Å². The number of hydrogen-bond acceptors (Lipinski definition) is 2. The van der Waals surface area contributed by atoms with Gasteiger partial charge in [0, 0.05) is 18.3 Å². The normalized spacial score (nSPS) is 15.1. The summed E-state index contributed by atoms with van der Waals surface area (Å²) < 4.78 is 0. The number of hydrogen-bond donors (Lipinski definition) is 1. The second-order valence-electron chi connectivity index (χ2n) is 5.58. The van der Waals surface area contributed by atoms with Crippen molar-refractivity contribution in [2.24, 2.45) is 11.8 Å². The molecule has 102 valence electrons. The zero-order valence-corrected chi connectivity index (χ0v) is 12.1. The molecule has 0 spiro atoms. The third-order valence-corrected chi connectivity index (χ3v) is 3.80. The van der Waals surface area contributed by atoms with E-state index >= 15 is 0 Å². The van der Waals surface area contributed by atoms with Crippen LogP contribution in [0, 0.1) is 11.8 Å². The van der Waals surface area contributed by atoms with Crippen molar-refractivity contribution in [1.29, 1.82) is 0 Å². The molecule has 0 amide bonds. The molecule has 2 unspecified atom stereocenters. The van der Waals surface area contributed by atoms with Crippen LogP contribution in [0.1, 0.15) is 58.4 Å². The van der Waals surface area contributed by atoms with Crippen molar-refractivity contribution in [2.75, 3.05) is 0 Å². The SMILES string of the molecule is CCC(CC)C(O)C(CC(C)C)c1ccncc1. The summed E-state index contributed by atoms with van der Waals surface area (Å²) in [5.41, 5.74) is 1.22. The molecule has 0 fully saturated rings. The summed E-state index contributed by atoms with van der Waals surface area (Å²) in [6, 6.07) is 4.08. The van der Waals surface area contributed by atoms with Crippen LogP contribution in [0.2, 0.25) is 0 Å². The molecule has 1 N–H and O–H groups in total. The topological polar surface area (TPSA) is 33.1 Å². The van der Waals surface area contributed by atoms with Crippen molar-refractivity contribution >= 4 is 0 Å². The molecular formula is C16H27NO. The Balaban J connectivity index is 2.91. The summed E-state index contributed by atoms with van der Waals surface area (Å²) in [6.07, 6.45) is 6.51. The van der Waals surface area contributed by atoms with Gasteiger partial charge < -0.3 is 5.11 Å². The Morgan fingerprint density at radius 2 is 1.67 bits per heavy atom. The van der Waals surface area contributed by atoms with Gasteiger partial charge in [0.05, 0.1) is 6.10 Å². The minimum absolute atomic E-state index is 0.234. The molecule has 18 heavy (non-hydrogen) atoms. The highest BCUT2D eigenvalue weighted by atomic mass is 16.3. The van der Waals surface area contributed by atoms with Crippen LogP contribution in [-0.2, 0) is 0 Å². The fourth-order valence-corrected chi connectivity index (χ4v) is 2.69. The van der Waals surface area contributed by atoms with E-state index < -0.39 is 0 Å². The second-order valence-corrected chi connectivity index (χ2v) is 5.58. The molecule has 0 aliphatic heterocycles. The van der Waals surface area contributed by atoms with E-state index in [0.717, 1.165) is 19.3 Å². The summed E-state index contributed by atoms with van der Waals surface area (Å²) >= 11 is 0. The number of nitrogens with zero attached hydrogens (tertiary/aromatic N) is 1. The number of pyridine rings is 1. The lowest BCUT2D eigenvalue weighted by Gasteiger charge is -2.30. The van der Waals surface area contributed by atoms with Crippen molar-refractivity contribution in [3.8, 4) is 0 Å². The van der Waals surface area contributed by atoms with Crippen molar-refractivity contribution in [2.45, 2.75) is 59.0 Å². The van der Waals surface area contributed by atoms with E-state index in [1.54, 1.807) is 0 Å². The molecule has 0 radical (unpaired) electrons. The van der Waals surface area contributed by atoms with Crippen LogP contribution in [0.5, 0.6) is 0 Å². The first-order valence-corrected chi connectivity index (χ1v) is 7.18. The van der Waals surface area contributed by atoms with Gasteiger partial charge in [0.1, 0.15) is 0 Å². The Morgan fingerprint density at radius 1 is 1.11 bits per heavy atom. The van der Waals surface area contributed by atoms with Crippen LogP contribution >= 0.6 is 0 Å². The summed E-state index contributed by atoms with van der Waals surface area (Å²) in [7, 11) is 0. The molecule has 0 saturated heterocycles. The first-order chi connectivity index (χ1) is 8.60. The number of aliphatic hydroxyl groups excluding tert-OH is 1. The van der Waals surface area contributed by atoms with Crippen LogP contribution in [0.15, 0.2) is 24.5 Å². The van der Waals surface area contributed by atoms with E-state index in [4.69, 9.17) is 0 Å². The highest BCUT2D eigenvalue weighted by Gasteiger charge is 2.27. The maximum absolute atomic E-state index is 10.7. The third-order valence-electron chi connectivity index (χ3n) is 3.80. The quantitative estimate of drug-likeness (QED) is 0.792. The van der Waals surface area contributed by atoms with Gasteiger partial charge in [-0.15, -0.1) is 0 Å². The molecule has 2 heteroatoms. The van der Waals surface area contributed by atoms with Crippen molar-refractivity contribution in [3.63, 3.8) is 0 Å². The van der Waals surface area contributed by atoms with Gasteiger partial charge >= 0.3 is 0 Å². The Hall–Kier alpha value is -0.890. The molecule has 0 aliphatic carbocycles. The molecular weight excluding hydrogens is 222 g/mol. The van der Waals surface area contributed by atoms with Crippen molar-refractivity contribution in [1.82, 2.24) is 4.98 Å². The second kappa shape index (κ2) is 7.52. The average molecular weight is 249 g/mol. The molecule has 0 aliphatic rings. The van der Waals surface area contributed by atoms with Gasteiger partial charge in [-0.05, 0) is 36.0 Å². The van der Waals surface area contributed by atoms with Crippen molar-refractivity contribution < 1.29 is 5.11 Å². The summed E-state index contributed by atoms with van der Waals surface area (Å²) in [5, 5.41) is 10.7. The minimum atomic E-state index is -0.246. The Morgan fingerprint density at radius 3 is 2.11 bits per heavy atom. The lowest BCUT2D eigenvalue weighted by Crippen LogP contribution is -2.28. The van der Waals surface area contributed by atoms with Crippen LogP contribution in [0.4, 0.5) is 0 Å². The predicted octanol–water partition coefficient (Wildman–Crippen LogP) is 4.01.